The summed E-state index contributed by atoms with van der Waals surface area (Å²) in [6, 6.07) is 0.370. The highest BCUT2D eigenvalue weighted by molar-refractivity contribution is 8.00. The maximum atomic E-state index is 5.08. The van der Waals surface area contributed by atoms with Crippen molar-refractivity contribution in [2.75, 3.05) is 26.5 Å². The van der Waals surface area contributed by atoms with E-state index in [1.807, 2.05) is 14.0 Å². The summed E-state index contributed by atoms with van der Waals surface area (Å²) in [5, 5.41) is 3.19. The van der Waals surface area contributed by atoms with Gasteiger partial charge in [0.15, 0.2) is 4.34 Å². The first-order valence-corrected chi connectivity index (χ1v) is 6.11. The van der Waals surface area contributed by atoms with E-state index in [-0.39, 0.29) is 0 Å². The number of hydrogen-bond donors (Lipinski definition) is 1. The molecule has 1 aromatic rings. The summed E-state index contributed by atoms with van der Waals surface area (Å²) in [6.07, 6.45) is 0. The molecule has 1 rings (SSSR count). The summed E-state index contributed by atoms with van der Waals surface area (Å²) >= 11 is 3.17. The highest BCUT2D eigenvalue weighted by Crippen LogP contribution is 2.20. The Kier molecular flexibility index (Phi) is 5.39. The molecule has 0 aliphatic rings. The second-order valence-electron chi connectivity index (χ2n) is 2.86. The Labute approximate surface area is 92.6 Å². The lowest BCUT2D eigenvalue weighted by molar-refractivity contribution is 0.177. The van der Waals surface area contributed by atoms with Crippen LogP contribution in [0.3, 0.4) is 0 Å². The molecule has 0 aliphatic carbocycles. The van der Waals surface area contributed by atoms with Gasteiger partial charge in [0.1, 0.15) is 5.82 Å². The molecule has 1 atom stereocenters. The van der Waals surface area contributed by atoms with Crippen LogP contribution in [0, 0.1) is 6.92 Å². The normalized spacial score (nSPS) is 13.1. The van der Waals surface area contributed by atoms with Crippen LogP contribution < -0.4 is 5.32 Å². The van der Waals surface area contributed by atoms with Crippen LogP contribution >= 0.6 is 23.3 Å². The van der Waals surface area contributed by atoms with Gasteiger partial charge in [-0.25, -0.2) is 4.98 Å². The molecule has 0 saturated heterocycles. The van der Waals surface area contributed by atoms with Crippen molar-refractivity contribution in [2.45, 2.75) is 17.3 Å². The predicted octanol–water partition coefficient (Wildman–Crippen LogP) is 1.17. The monoisotopic (exact) mass is 233 g/mol. The van der Waals surface area contributed by atoms with Crippen molar-refractivity contribution < 1.29 is 4.74 Å². The van der Waals surface area contributed by atoms with Crippen molar-refractivity contribution in [2.24, 2.45) is 0 Å². The minimum atomic E-state index is 0.370. The van der Waals surface area contributed by atoms with E-state index in [9.17, 15) is 0 Å². The van der Waals surface area contributed by atoms with Crippen LogP contribution in [0.4, 0.5) is 0 Å². The van der Waals surface area contributed by atoms with Gasteiger partial charge in [-0.1, -0.05) is 11.8 Å². The number of hydrogen-bond acceptors (Lipinski definition) is 6. The second kappa shape index (κ2) is 6.34. The van der Waals surface area contributed by atoms with E-state index >= 15 is 0 Å². The number of aromatic nitrogens is 2. The van der Waals surface area contributed by atoms with Gasteiger partial charge in [0.2, 0.25) is 0 Å². The van der Waals surface area contributed by atoms with Crippen molar-refractivity contribution in [3.8, 4) is 0 Å². The molecule has 1 heterocycles. The molecule has 14 heavy (non-hydrogen) atoms. The van der Waals surface area contributed by atoms with Gasteiger partial charge in [-0.15, -0.1) is 0 Å². The second-order valence-corrected chi connectivity index (χ2v) is 4.88. The number of thioether (sulfide) groups is 1. The summed E-state index contributed by atoms with van der Waals surface area (Å²) in [5.41, 5.74) is 0. The van der Waals surface area contributed by atoms with E-state index < -0.39 is 0 Å². The Morgan fingerprint density at radius 2 is 2.43 bits per heavy atom. The Bertz CT molecular complexity index is 267. The number of rotatable bonds is 6. The van der Waals surface area contributed by atoms with Crippen LogP contribution in [-0.2, 0) is 4.74 Å². The van der Waals surface area contributed by atoms with Gasteiger partial charge < -0.3 is 10.1 Å². The highest BCUT2D eigenvalue weighted by atomic mass is 32.2. The minimum Gasteiger partial charge on any atom is -0.383 e. The molecule has 1 N–H and O–H groups in total. The number of methoxy groups -OCH3 is 1. The molecule has 0 aromatic carbocycles. The molecule has 6 heteroatoms. The summed E-state index contributed by atoms with van der Waals surface area (Å²) in [4.78, 5) is 4.28. The molecule has 4 nitrogen and oxygen atoms in total. The first kappa shape index (κ1) is 11.9. The molecule has 0 amide bonds. The number of nitrogens with zero attached hydrogens (tertiary/aromatic N) is 2. The lowest BCUT2D eigenvalue weighted by Crippen LogP contribution is -2.32. The third kappa shape index (κ3) is 3.91. The molecule has 0 aliphatic heterocycles. The lowest BCUT2D eigenvalue weighted by Gasteiger charge is -2.12. The van der Waals surface area contributed by atoms with Crippen molar-refractivity contribution in [3.63, 3.8) is 0 Å². The van der Waals surface area contributed by atoms with Crippen LogP contribution in [0.15, 0.2) is 4.34 Å². The van der Waals surface area contributed by atoms with Crippen LogP contribution in [0.2, 0.25) is 0 Å². The maximum Gasteiger partial charge on any atom is 0.170 e. The van der Waals surface area contributed by atoms with Crippen molar-refractivity contribution >= 4 is 23.3 Å². The summed E-state index contributed by atoms with van der Waals surface area (Å²) in [7, 11) is 3.65. The van der Waals surface area contributed by atoms with Crippen molar-refractivity contribution in [3.05, 3.63) is 5.82 Å². The zero-order chi connectivity index (χ0) is 10.4. The minimum absolute atomic E-state index is 0.370. The van der Waals surface area contributed by atoms with E-state index in [0.717, 1.165) is 22.5 Å². The van der Waals surface area contributed by atoms with Crippen LogP contribution in [0.1, 0.15) is 5.82 Å². The van der Waals surface area contributed by atoms with Crippen molar-refractivity contribution in [1.29, 1.82) is 0 Å². The standard InChI is InChI=1S/C8H15N3OS2/c1-6-10-8(14-11-6)13-5-7(9-2)4-12-3/h7,9H,4-5H2,1-3H3. The van der Waals surface area contributed by atoms with Crippen LogP contribution in [0.5, 0.6) is 0 Å². The quantitative estimate of drug-likeness (QED) is 0.747. The Balaban J connectivity index is 2.31. The number of likely N-dealkylation sites (N-methyl/N-ethyl adjacent to an activating group) is 1. The Hall–Kier alpha value is -0.170. The molecule has 0 saturated carbocycles. The fourth-order valence-corrected chi connectivity index (χ4v) is 2.68. The number of nitrogens with one attached hydrogen (secondary N) is 1. The van der Waals surface area contributed by atoms with Crippen LogP contribution in [-0.4, -0.2) is 41.9 Å². The van der Waals surface area contributed by atoms with Gasteiger partial charge in [0.05, 0.1) is 6.61 Å². The molecular formula is C8H15N3OS2. The zero-order valence-corrected chi connectivity index (χ0v) is 10.2. The average Bonchev–Trinajstić information content (AvgIpc) is 2.59. The average molecular weight is 233 g/mol. The summed E-state index contributed by atoms with van der Waals surface area (Å²) in [5.74, 6) is 1.81. The van der Waals surface area contributed by atoms with Gasteiger partial charge in [0.25, 0.3) is 0 Å². The molecule has 0 radical (unpaired) electrons. The van der Waals surface area contributed by atoms with Gasteiger partial charge in [-0.3, -0.25) is 0 Å². The topological polar surface area (TPSA) is 47.0 Å². The number of aryl methyl sites for hydroxylation is 1. The van der Waals surface area contributed by atoms with E-state index in [2.05, 4.69) is 14.7 Å². The van der Waals surface area contributed by atoms with Crippen molar-refractivity contribution in [1.82, 2.24) is 14.7 Å². The predicted molar refractivity (Wildman–Crippen MR) is 60.1 cm³/mol. The maximum absolute atomic E-state index is 5.08. The lowest BCUT2D eigenvalue weighted by atomic mass is 10.4. The number of ether oxygens (including phenoxy) is 1. The summed E-state index contributed by atoms with van der Waals surface area (Å²) in [6.45, 7) is 2.63. The first-order chi connectivity index (χ1) is 6.76. The molecule has 1 aromatic heterocycles. The smallest absolute Gasteiger partial charge is 0.170 e. The van der Waals surface area contributed by atoms with E-state index in [1.54, 1.807) is 18.9 Å². The molecule has 80 valence electrons. The van der Waals surface area contributed by atoms with Crippen LogP contribution in [0.25, 0.3) is 0 Å². The fourth-order valence-electron chi connectivity index (χ4n) is 0.925. The van der Waals surface area contributed by atoms with E-state index in [1.165, 1.54) is 11.5 Å². The molecule has 0 fully saturated rings. The third-order valence-electron chi connectivity index (χ3n) is 1.69. The zero-order valence-electron chi connectivity index (χ0n) is 8.61. The van der Waals surface area contributed by atoms with Gasteiger partial charge in [-0.2, -0.15) is 4.37 Å². The molecule has 0 spiro atoms. The van der Waals surface area contributed by atoms with Gasteiger partial charge in [-0.05, 0) is 25.5 Å². The first-order valence-electron chi connectivity index (χ1n) is 4.35. The summed E-state index contributed by atoms with van der Waals surface area (Å²) < 4.78 is 10.2. The molecular weight excluding hydrogens is 218 g/mol. The largest absolute Gasteiger partial charge is 0.383 e. The van der Waals surface area contributed by atoms with Gasteiger partial charge in [0, 0.05) is 18.9 Å². The van der Waals surface area contributed by atoms with E-state index in [0.29, 0.717) is 6.04 Å². The Morgan fingerprint density at radius 3 is 2.93 bits per heavy atom. The Morgan fingerprint density at radius 1 is 1.64 bits per heavy atom. The molecule has 0 bridgehead atoms. The fraction of sp³-hybridized carbons (Fsp3) is 0.750. The SMILES string of the molecule is CNC(COC)CSc1nc(C)ns1. The van der Waals surface area contributed by atoms with Gasteiger partial charge >= 0.3 is 0 Å². The third-order valence-corrected chi connectivity index (χ3v) is 3.78. The van der Waals surface area contributed by atoms with E-state index in [4.69, 9.17) is 4.74 Å². The highest BCUT2D eigenvalue weighted by Gasteiger charge is 2.08. The molecule has 1 unspecified atom stereocenters.